The van der Waals surface area contributed by atoms with Crippen LogP contribution in [-0.2, 0) is 0 Å². The molecule has 1 unspecified atom stereocenters. The molecule has 66 valence electrons. The second kappa shape index (κ2) is 2.94. The minimum atomic E-state index is -0.235. The van der Waals surface area contributed by atoms with Crippen LogP contribution in [0.2, 0.25) is 0 Å². The fraction of sp³-hybridized carbons (Fsp3) is 0.600. The molecule has 0 amide bonds. The fourth-order valence-electron chi connectivity index (χ4n) is 1.90. The van der Waals surface area contributed by atoms with Crippen LogP contribution < -0.4 is 0 Å². The standard InChI is InChI=1S/C10H15NO/c1-2-7-5-9(7)10(12)8-3-4-11-6-8/h3-4,6-7,9-12H,2,5H2,1H3/t7-,9-,10?/m1/s1. The molecule has 0 radical (unpaired) electrons. The monoisotopic (exact) mass is 165 g/mol. The summed E-state index contributed by atoms with van der Waals surface area (Å²) in [4.78, 5) is 2.97. The molecule has 1 aromatic heterocycles. The van der Waals surface area contributed by atoms with Crippen molar-refractivity contribution < 1.29 is 5.11 Å². The topological polar surface area (TPSA) is 36.0 Å². The summed E-state index contributed by atoms with van der Waals surface area (Å²) in [6, 6.07) is 1.95. The summed E-state index contributed by atoms with van der Waals surface area (Å²) in [6.45, 7) is 2.19. The van der Waals surface area contributed by atoms with Crippen molar-refractivity contribution in [3.05, 3.63) is 24.0 Å². The van der Waals surface area contributed by atoms with Gasteiger partial charge >= 0.3 is 0 Å². The van der Waals surface area contributed by atoms with Crippen molar-refractivity contribution >= 4 is 0 Å². The van der Waals surface area contributed by atoms with Crippen LogP contribution >= 0.6 is 0 Å². The van der Waals surface area contributed by atoms with Gasteiger partial charge in [0.2, 0.25) is 0 Å². The highest BCUT2D eigenvalue weighted by atomic mass is 16.3. The van der Waals surface area contributed by atoms with Crippen LogP contribution in [0.15, 0.2) is 18.5 Å². The molecular weight excluding hydrogens is 150 g/mol. The molecule has 0 saturated heterocycles. The number of hydrogen-bond acceptors (Lipinski definition) is 1. The lowest BCUT2D eigenvalue weighted by atomic mass is 10.1. The highest BCUT2D eigenvalue weighted by Gasteiger charge is 2.41. The van der Waals surface area contributed by atoms with E-state index in [0.29, 0.717) is 5.92 Å². The second-order valence-electron chi connectivity index (χ2n) is 3.66. The molecule has 0 aromatic carbocycles. The summed E-state index contributed by atoms with van der Waals surface area (Å²) in [5.74, 6) is 1.28. The third-order valence-electron chi connectivity index (χ3n) is 2.87. The van der Waals surface area contributed by atoms with E-state index in [4.69, 9.17) is 0 Å². The van der Waals surface area contributed by atoms with E-state index in [-0.39, 0.29) is 6.10 Å². The maximum absolute atomic E-state index is 9.83. The maximum Gasteiger partial charge on any atom is 0.0835 e. The van der Waals surface area contributed by atoms with Crippen molar-refractivity contribution in [2.75, 3.05) is 0 Å². The lowest BCUT2D eigenvalue weighted by molar-refractivity contribution is 0.147. The first kappa shape index (κ1) is 7.87. The summed E-state index contributed by atoms with van der Waals surface area (Å²) >= 11 is 0. The molecule has 1 saturated carbocycles. The first-order valence-corrected chi connectivity index (χ1v) is 4.63. The molecule has 2 nitrogen and oxygen atoms in total. The number of aromatic amines is 1. The highest BCUT2D eigenvalue weighted by molar-refractivity contribution is 5.15. The van der Waals surface area contributed by atoms with Gasteiger partial charge in [0.05, 0.1) is 6.10 Å². The molecule has 12 heavy (non-hydrogen) atoms. The molecule has 2 rings (SSSR count). The molecular formula is C10H15NO. The minimum Gasteiger partial charge on any atom is -0.388 e. The zero-order valence-corrected chi connectivity index (χ0v) is 7.33. The Balaban J connectivity index is 1.99. The molecule has 0 aliphatic heterocycles. The van der Waals surface area contributed by atoms with Gasteiger partial charge in [-0.15, -0.1) is 0 Å². The lowest BCUT2D eigenvalue weighted by Gasteiger charge is -2.06. The van der Waals surface area contributed by atoms with E-state index in [1.165, 1.54) is 12.8 Å². The molecule has 0 spiro atoms. The number of aromatic nitrogens is 1. The zero-order valence-electron chi connectivity index (χ0n) is 7.33. The normalized spacial score (nSPS) is 30.2. The molecule has 1 fully saturated rings. The molecule has 1 aliphatic carbocycles. The van der Waals surface area contributed by atoms with E-state index in [0.717, 1.165) is 11.5 Å². The minimum absolute atomic E-state index is 0.235. The molecule has 3 atom stereocenters. The third kappa shape index (κ3) is 1.27. The Morgan fingerprint density at radius 3 is 3.08 bits per heavy atom. The first-order valence-electron chi connectivity index (χ1n) is 4.63. The van der Waals surface area contributed by atoms with E-state index in [2.05, 4.69) is 11.9 Å². The number of rotatable bonds is 3. The maximum atomic E-state index is 9.83. The second-order valence-corrected chi connectivity index (χ2v) is 3.66. The molecule has 2 heteroatoms. The Labute approximate surface area is 72.6 Å². The van der Waals surface area contributed by atoms with Crippen molar-refractivity contribution in [1.82, 2.24) is 4.98 Å². The van der Waals surface area contributed by atoms with Crippen LogP contribution in [0.4, 0.5) is 0 Å². The van der Waals surface area contributed by atoms with Gasteiger partial charge in [0.1, 0.15) is 0 Å². The van der Waals surface area contributed by atoms with Gasteiger partial charge in [-0.25, -0.2) is 0 Å². The molecule has 1 heterocycles. The molecule has 0 bridgehead atoms. The summed E-state index contributed by atoms with van der Waals surface area (Å²) in [5.41, 5.74) is 1.04. The van der Waals surface area contributed by atoms with Crippen molar-refractivity contribution in [1.29, 1.82) is 0 Å². The van der Waals surface area contributed by atoms with E-state index in [9.17, 15) is 5.11 Å². The van der Waals surface area contributed by atoms with Crippen molar-refractivity contribution in [3.63, 3.8) is 0 Å². The predicted octanol–water partition coefficient (Wildman–Crippen LogP) is 2.09. The summed E-state index contributed by atoms with van der Waals surface area (Å²) in [7, 11) is 0. The summed E-state index contributed by atoms with van der Waals surface area (Å²) < 4.78 is 0. The van der Waals surface area contributed by atoms with Crippen molar-refractivity contribution in [3.8, 4) is 0 Å². The zero-order chi connectivity index (χ0) is 8.55. The molecule has 2 N–H and O–H groups in total. The van der Waals surface area contributed by atoms with Gasteiger partial charge in [-0.1, -0.05) is 13.3 Å². The van der Waals surface area contributed by atoms with Gasteiger partial charge in [0.25, 0.3) is 0 Å². The van der Waals surface area contributed by atoms with Gasteiger partial charge in [-0.05, 0) is 29.9 Å². The Hall–Kier alpha value is -0.760. The number of H-pyrrole nitrogens is 1. The van der Waals surface area contributed by atoms with E-state index in [1.54, 1.807) is 0 Å². The van der Waals surface area contributed by atoms with Gasteiger partial charge in [-0.2, -0.15) is 0 Å². The Morgan fingerprint density at radius 2 is 2.58 bits per heavy atom. The largest absolute Gasteiger partial charge is 0.388 e. The highest BCUT2D eigenvalue weighted by Crippen LogP contribution is 2.48. The SMILES string of the molecule is CC[C@@H]1C[C@H]1C(O)c1cc[nH]c1. The molecule has 1 aromatic rings. The van der Waals surface area contributed by atoms with Crippen molar-refractivity contribution in [2.24, 2.45) is 11.8 Å². The van der Waals surface area contributed by atoms with Crippen LogP contribution in [0.3, 0.4) is 0 Å². The van der Waals surface area contributed by atoms with Gasteiger partial charge in [0.15, 0.2) is 0 Å². The number of nitrogens with one attached hydrogen (secondary N) is 1. The Bertz CT molecular complexity index is 242. The number of aliphatic hydroxyl groups excluding tert-OH is 1. The van der Waals surface area contributed by atoms with E-state index >= 15 is 0 Å². The first-order chi connectivity index (χ1) is 5.83. The van der Waals surface area contributed by atoms with Crippen LogP contribution in [0, 0.1) is 11.8 Å². The summed E-state index contributed by atoms with van der Waals surface area (Å²) in [5, 5.41) is 9.83. The van der Waals surface area contributed by atoms with Gasteiger partial charge in [-0.3, -0.25) is 0 Å². The van der Waals surface area contributed by atoms with E-state index in [1.807, 2.05) is 18.5 Å². The number of hydrogen-bond donors (Lipinski definition) is 2. The average molecular weight is 165 g/mol. The van der Waals surface area contributed by atoms with Gasteiger partial charge < -0.3 is 10.1 Å². The van der Waals surface area contributed by atoms with Crippen LogP contribution in [0.25, 0.3) is 0 Å². The quantitative estimate of drug-likeness (QED) is 0.707. The predicted molar refractivity (Wildman–Crippen MR) is 47.6 cm³/mol. The van der Waals surface area contributed by atoms with Crippen LogP contribution in [0.1, 0.15) is 31.4 Å². The molecule has 1 aliphatic rings. The van der Waals surface area contributed by atoms with Crippen LogP contribution in [-0.4, -0.2) is 10.1 Å². The fourth-order valence-corrected chi connectivity index (χ4v) is 1.90. The summed E-state index contributed by atoms with van der Waals surface area (Å²) in [6.07, 6.45) is 5.91. The number of aliphatic hydroxyl groups is 1. The van der Waals surface area contributed by atoms with E-state index < -0.39 is 0 Å². The third-order valence-corrected chi connectivity index (χ3v) is 2.87. The average Bonchev–Trinajstić information content (AvgIpc) is 2.68. The lowest BCUT2D eigenvalue weighted by Crippen LogP contribution is -1.99. The smallest absolute Gasteiger partial charge is 0.0835 e. The Morgan fingerprint density at radius 1 is 1.75 bits per heavy atom. The van der Waals surface area contributed by atoms with Crippen molar-refractivity contribution in [2.45, 2.75) is 25.9 Å². The van der Waals surface area contributed by atoms with Crippen LogP contribution in [0.5, 0.6) is 0 Å². The Kier molecular flexibility index (Phi) is 1.93. The van der Waals surface area contributed by atoms with Gasteiger partial charge in [0, 0.05) is 12.4 Å².